The molecule has 0 aliphatic carbocycles. The largest absolute Gasteiger partial charge is 0.477 e. The summed E-state index contributed by atoms with van der Waals surface area (Å²) in [6, 6.07) is 3.69. The Morgan fingerprint density at radius 2 is 2.32 bits per heavy atom. The molecule has 2 N–H and O–H groups in total. The first-order valence-electron chi connectivity index (χ1n) is 9.15. The number of hydrogen-bond donors (Lipinski definition) is 2. The molecule has 2 aliphatic heterocycles. The van der Waals surface area contributed by atoms with Crippen LogP contribution in [0.3, 0.4) is 0 Å². The van der Waals surface area contributed by atoms with Gasteiger partial charge in [-0.2, -0.15) is 0 Å². The topological polar surface area (TPSA) is 122 Å². The highest BCUT2D eigenvalue weighted by Gasteiger charge is 2.69. The van der Waals surface area contributed by atoms with Crippen molar-refractivity contribution in [3.63, 3.8) is 0 Å². The number of hydrogen-bond acceptors (Lipinski definition) is 9. The van der Waals surface area contributed by atoms with Crippen LogP contribution in [0.15, 0.2) is 52.9 Å². The van der Waals surface area contributed by atoms with Gasteiger partial charge in [-0.05, 0) is 17.5 Å². The van der Waals surface area contributed by atoms with Crippen LogP contribution >= 0.6 is 34.9 Å². The van der Waals surface area contributed by atoms with Gasteiger partial charge in [0.05, 0.1) is 12.6 Å². The molecule has 0 saturated carbocycles. The van der Waals surface area contributed by atoms with E-state index in [1.807, 2.05) is 17.5 Å². The number of β-lactam (4-membered cyclic amide) rings is 1. The van der Waals surface area contributed by atoms with Gasteiger partial charge in [-0.25, -0.2) is 9.78 Å². The summed E-state index contributed by atoms with van der Waals surface area (Å²) in [4.78, 5) is 48.3. The van der Waals surface area contributed by atoms with E-state index >= 15 is 0 Å². The van der Waals surface area contributed by atoms with Crippen LogP contribution in [-0.4, -0.2) is 67.0 Å². The number of fused-ring (bicyclic) bond motifs is 1. The maximum atomic E-state index is 13.4. The number of nitrogens with zero attached hydrogens (tertiary/aromatic N) is 3. The van der Waals surface area contributed by atoms with Gasteiger partial charge < -0.3 is 15.2 Å². The van der Waals surface area contributed by atoms with Crippen molar-refractivity contribution in [2.45, 2.75) is 27.8 Å². The average Bonchev–Trinajstić information content (AvgIpc) is 3.28. The number of carbonyl (C=O) groups is 3. The van der Waals surface area contributed by atoms with Crippen molar-refractivity contribution >= 4 is 52.6 Å². The van der Waals surface area contributed by atoms with Crippen LogP contribution in [0.2, 0.25) is 0 Å². The zero-order valence-corrected chi connectivity index (χ0v) is 18.7. The van der Waals surface area contributed by atoms with Crippen LogP contribution in [0, 0.1) is 0 Å². The highest BCUT2D eigenvalue weighted by Crippen LogP contribution is 2.49. The van der Waals surface area contributed by atoms with Crippen molar-refractivity contribution in [2.24, 2.45) is 0 Å². The number of carboxylic acids is 1. The Balaban J connectivity index is 1.67. The number of carbonyl (C=O) groups excluding carboxylic acids is 2. The van der Waals surface area contributed by atoms with Crippen LogP contribution < -0.4 is 5.32 Å². The molecule has 4 rings (SSSR count). The number of nitrogens with one attached hydrogen (secondary N) is 1. The molecule has 12 heteroatoms. The maximum Gasteiger partial charge on any atom is 0.352 e. The summed E-state index contributed by atoms with van der Waals surface area (Å²) in [5.74, 6) is -1.66. The van der Waals surface area contributed by atoms with Gasteiger partial charge in [-0.3, -0.25) is 19.5 Å². The number of thioether (sulfide) groups is 2. The smallest absolute Gasteiger partial charge is 0.352 e. The second-order valence-electron chi connectivity index (χ2n) is 6.66. The predicted molar refractivity (Wildman–Crippen MR) is 116 cm³/mol. The van der Waals surface area contributed by atoms with Crippen LogP contribution in [0.25, 0.3) is 0 Å². The highest BCUT2D eigenvalue weighted by atomic mass is 32.2. The molecular weight excluding hydrogens is 460 g/mol. The molecule has 1 fully saturated rings. The van der Waals surface area contributed by atoms with E-state index in [0.717, 1.165) is 16.6 Å². The molecule has 2 aromatic rings. The molecule has 3 atom stereocenters. The molecule has 0 aromatic carbocycles. The summed E-state index contributed by atoms with van der Waals surface area (Å²) >= 11 is 3.97. The van der Waals surface area contributed by atoms with E-state index in [-0.39, 0.29) is 18.0 Å². The second-order valence-corrected chi connectivity index (χ2v) is 9.89. The first kappa shape index (κ1) is 21.8. The lowest BCUT2D eigenvalue weighted by Gasteiger charge is -2.58. The molecule has 0 bridgehead atoms. The molecule has 0 radical (unpaired) electrons. The van der Waals surface area contributed by atoms with Gasteiger partial charge in [-0.1, -0.05) is 17.8 Å². The van der Waals surface area contributed by atoms with Crippen molar-refractivity contribution in [2.75, 3.05) is 12.9 Å². The molecule has 2 aromatic heterocycles. The predicted octanol–water partition coefficient (Wildman–Crippen LogP) is 1.58. The number of methoxy groups -OCH3 is 1. The SMILES string of the molecule is COC(Sc1cnccn1)[C@@]1(NC(=O)Cc2cccs2)C(=O)N2C(C(=O)O)=CCS[C@H]21. The maximum absolute atomic E-state index is 13.4. The highest BCUT2D eigenvalue weighted by molar-refractivity contribution is 8.01. The quantitative estimate of drug-likeness (QED) is 0.331. The number of thiophene rings is 1. The van der Waals surface area contributed by atoms with E-state index in [2.05, 4.69) is 15.3 Å². The Bertz CT molecular complexity index is 1020. The summed E-state index contributed by atoms with van der Waals surface area (Å²) in [6.45, 7) is 0. The molecule has 31 heavy (non-hydrogen) atoms. The van der Waals surface area contributed by atoms with Gasteiger partial charge >= 0.3 is 5.97 Å². The zero-order valence-electron chi connectivity index (χ0n) is 16.3. The second kappa shape index (κ2) is 8.99. The number of aliphatic carboxylic acids is 1. The fourth-order valence-electron chi connectivity index (χ4n) is 3.52. The number of aromatic nitrogens is 2. The van der Waals surface area contributed by atoms with Gasteiger partial charge in [0.1, 0.15) is 21.5 Å². The van der Waals surface area contributed by atoms with E-state index in [4.69, 9.17) is 4.74 Å². The van der Waals surface area contributed by atoms with E-state index in [0.29, 0.717) is 10.8 Å². The fourth-order valence-corrected chi connectivity index (χ4v) is 6.68. The molecule has 1 unspecified atom stereocenters. The van der Waals surface area contributed by atoms with E-state index in [1.54, 1.807) is 0 Å². The zero-order chi connectivity index (χ0) is 22.0. The van der Waals surface area contributed by atoms with Crippen molar-refractivity contribution < 1.29 is 24.2 Å². The van der Waals surface area contributed by atoms with Crippen molar-refractivity contribution in [1.29, 1.82) is 0 Å². The number of amides is 2. The van der Waals surface area contributed by atoms with Crippen LogP contribution in [0.4, 0.5) is 0 Å². The monoisotopic (exact) mass is 478 g/mol. The van der Waals surface area contributed by atoms with Crippen LogP contribution in [-0.2, 0) is 25.5 Å². The molecule has 1 saturated heterocycles. The third-order valence-corrected chi connectivity index (χ3v) is 8.18. The van der Waals surface area contributed by atoms with E-state index in [1.165, 1.54) is 59.8 Å². The summed E-state index contributed by atoms with van der Waals surface area (Å²) < 4.78 is 5.67. The Morgan fingerprint density at radius 1 is 1.48 bits per heavy atom. The minimum atomic E-state index is -1.45. The number of ether oxygens (including phenoxy) is 1. The van der Waals surface area contributed by atoms with Gasteiger partial charge in [0, 0.05) is 30.1 Å². The lowest BCUT2D eigenvalue weighted by atomic mass is 9.86. The number of carboxylic acid groups (broad SMARTS) is 1. The summed E-state index contributed by atoms with van der Waals surface area (Å²) in [6.07, 6.45) is 6.19. The van der Waals surface area contributed by atoms with Crippen molar-refractivity contribution in [3.05, 3.63) is 52.8 Å². The lowest BCUT2D eigenvalue weighted by Crippen LogP contribution is -2.83. The Hall–Kier alpha value is -2.41. The first-order chi connectivity index (χ1) is 15.0. The molecule has 2 amide bonds. The lowest BCUT2D eigenvalue weighted by molar-refractivity contribution is -0.164. The van der Waals surface area contributed by atoms with Crippen LogP contribution in [0.1, 0.15) is 4.88 Å². The average molecular weight is 479 g/mol. The summed E-state index contributed by atoms with van der Waals surface area (Å²) in [5, 5.41) is 14.2. The Kier molecular flexibility index (Phi) is 6.32. The third kappa shape index (κ3) is 3.95. The van der Waals surface area contributed by atoms with E-state index < -0.39 is 28.2 Å². The van der Waals surface area contributed by atoms with Crippen molar-refractivity contribution in [1.82, 2.24) is 20.2 Å². The molecule has 162 valence electrons. The molecule has 0 spiro atoms. The standard InChI is InChI=1S/C19H18N4O5S3/c1-28-18(31-14-10-20-5-6-21-14)19(22-13(24)9-11-3-2-7-29-11)16(27)23-12(15(25)26)4-8-30-17(19)23/h2-7,10,17-18H,8-9H2,1H3,(H,22,24)(H,25,26)/t17-,18?,19+/m0/s1. The third-order valence-electron chi connectivity index (χ3n) is 4.82. The molecule has 2 aliphatic rings. The summed E-state index contributed by atoms with van der Waals surface area (Å²) in [5.41, 5.74) is -2.38. The summed E-state index contributed by atoms with van der Waals surface area (Å²) in [7, 11) is 1.44. The van der Waals surface area contributed by atoms with Crippen molar-refractivity contribution in [3.8, 4) is 0 Å². The minimum absolute atomic E-state index is 0.0868. The fraction of sp³-hybridized carbons (Fsp3) is 0.316. The van der Waals surface area contributed by atoms with Gasteiger partial charge in [0.15, 0.2) is 5.54 Å². The normalized spacial score (nSPS) is 23.4. The Labute approximate surface area is 190 Å². The van der Waals surface area contributed by atoms with Gasteiger partial charge in [0.25, 0.3) is 5.91 Å². The minimum Gasteiger partial charge on any atom is -0.477 e. The first-order valence-corrected chi connectivity index (χ1v) is 12.0. The number of rotatable bonds is 8. The van der Waals surface area contributed by atoms with Crippen LogP contribution in [0.5, 0.6) is 0 Å². The van der Waals surface area contributed by atoms with Gasteiger partial charge in [0.2, 0.25) is 5.91 Å². The molecule has 4 heterocycles. The molecular formula is C19H18N4O5S3. The van der Waals surface area contributed by atoms with Gasteiger partial charge in [-0.15, -0.1) is 23.1 Å². The van der Waals surface area contributed by atoms with E-state index in [9.17, 15) is 19.5 Å². The Morgan fingerprint density at radius 3 is 2.97 bits per heavy atom. The molecule has 9 nitrogen and oxygen atoms in total.